The summed E-state index contributed by atoms with van der Waals surface area (Å²) in [6, 6.07) is 15.3. The minimum absolute atomic E-state index is 0. The van der Waals surface area contributed by atoms with Gasteiger partial charge in [0.15, 0.2) is 5.69 Å². The number of hydrogen-bond donors (Lipinski definition) is 1. The van der Waals surface area contributed by atoms with Crippen LogP contribution in [0.3, 0.4) is 0 Å². The summed E-state index contributed by atoms with van der Waals surface area (Å²) in [6.07, 6.45) is 0. The van der Waals surface area contributed by atoms with Crippen LogP contribution in [0.15, 0.2) is 47.3 Å². The average molecular weight is 569 g/mol. The van der Waals surface area contributed by atoms with Crippen molar-refractivity contribution in [3.8, 4) is 11.3 Å². The van der Waals surface area contributed by atoms with Crippen molar-refractivity contribution in [2.45, 2.75) is 20.8 Å². The van der Waals surface area contributed by atoms with Crippen molar-refractivity contribution in [3.63, 3.8) is 0 Å². The zero-order valence-corrected chi connectivity index (χ0v) is 18.8. The molecule has 4 rings (SSSR count). The van der Waals surface area contributed by atoms with Gasteiger partial charge >= 0.3 is 5.97 Å². The summed E-state index contributed by atoms with van der Waals surface area (Å²) in [4.78, 5) is 23.0. The number of fused-ring (bicyclic) bond motifs is 1. The van der Waals surface area contributed by atoms with Gasteiger partial charge in [0.2, 0.25) is 0 Å². The van der Waals surface area contributed by atoms with Crippen LogP contribution in [-0.4, -0.2) is 26.0 Å². The summed E-state index contributed by atoms with van der Waals surface area (Å²) >= 11 is 1.28. The van der Waals surface area contributed by atoms with Crippen LogP contribution in [0.2, 0.25) is 0 Å². The van der Waals surface area contributed by atoms with Crippen molar-refractivity contribution in [3.05, 3.63) is 75.9 Å². The molecule has 0 amide bonds. The van der Waals surface area contributed by atoms with Crippen molar-refractivity contribution >= 4 is 28.3 Å². The smallest absolute Gasteiger partial charge is 0.355 e. The van der Waals surface area contributed by atoms with Gasteiger partial charge < -0.3 is 5.11 Å². The third-order valence-electron chi connectivity index (χ3n) is 4.07. The molecular weight excluding hydrogens is 551 g/mol. The Morgan fingerprint density at radius 2 is 1.75 bits per heavy atom. The van der Waals surface area contributed by atoms with Crippen molar-refractivity contribution in [2.24, 2.45) is 0 Å². The van der Waals surface area contributed by atoms with Gasteiger partial charge in [-0.25, -0.2) is 9.78 Å². The molecule has 0 bridgehead atoms. The fourth-order valence-corrected chi connectivity index (χ4v) is 3.04. The van der Waals surface area contributed by atoms with Crippen molar-refractivity contribution in [2.75, 3.05) is 0 Å². The van der Waals surface area contributed by atoms with E-state index < -0.39 is 5.97 Å². The number of carboxylic acid groups (broad SMARTS) is 1. The molecule has 0 aliphatic rings. The number of aromatic carboxylic acids is 1. The molecule has 1 N–H and O–H groups in total. The first-order valence-corrected chi connectivity index (χ1v) is 9.24. The van der Waals surface area contributed by atoms with E-state index in [1.54, 1.807) is 0 Å². The van der Waals surface area contributed by atoms with Crippen LogP contribution in [-0.2, 0) is 20.1 Å². The van der Waals surface area contributed by atoms with Crippen LogP contribution in [0.25, 0.3) is 22.3 Å². The van der Waals surface area contributed by atoms with Crippen molar-refractivity contribution in [1.82, 2.24) is 15.0 Å². The first-order chi connectivity index (χ1) is 13.0. The molecule has 145 valence electrons. The number of rotatable bonds is 2. The Balaban J connectivity index is 0.000000264. The van der Waals surface area contributed by atoms with E-state index in [1.807, 2.05) is 31.2 Å². The number of aryl methyl sites for hydroxylation is 3. The molecule has 2 aromatic carbocycles. The van der Waals surface area contributed by atoms with Crippen molar-refractivity contribution in [1.29, 1.82) is 0 Å². The molecule has 7 heteroatoms. The summed E-state index contributed by atoms with van der Waals surface area (Å²) < 4.78 is 0. The number of carboxylic acids is 1. The maximum atomic E-state index is 10.0. The van der Waals surface area contributed by atoms with Crippen LogP contribution < -0.4 is 0 Å². The molecule has 5 nitrogen and oxygen atoms in total. The predicted molar refractivity (Wildman–Crippen MR) is 107 cm³/mol. The first-order valence-electron chi connectivity index (χ1n) is 8.30. The fourth-order valence-electron chi connectivity index (χ4n) is 2.51. The number of benzene rings is 2. The Labute approximate surface area is 180 Å². The second-order valence-corrected chi connectivity index (χ2v) is 6.76. The Morgan fingerprint density at radius 3 is 2.25 bits per heavy atom. The molecule has 0 unspecified atom stereocenters. The minimum Gasteiger partial charge on any atom is -0.476 e. The second kappa shape index (κ2) is 9.64. The van der Waals surface area contributed by atoms with Gasteiger partial charge in [0, 0.05) is 36.9 Å². The average Bonchev–Trinajstić information content (AvgIpc) is 3.19. The molecule has 1 radical (unpaired) electrons. The third kappa shape index (κ3) is 5.07. The second-order valence-electron chi connectivity index (χ2n) is 6.04. The number of carbonyl (C=O) groups is 1. The van der Waals surface area contributed by atoms with Crippen molar-refractivity contribution < 1.29 is 30.0 Å². The Morgan fingerprint density at radius 1 is 1.07 bits per heavy atom. The molecule has 0 atom stereocenters. The summed E-state index contributed by atoms with van der Waals surface area (Å²) in [7, 11) is 0. The molecule has 0 saturated heterocycles. The van der Waals surface area contributed by atoms with Crippen LogP contribution in [0.4, 0.5) is 0 Å². The summed E-state index contributed by atoms with van der Waals surface area (Å²) in [6.45, 7) is 6.20. The topological polar surface area (TPSA) is 76.0 Å². The molecular formula is C21H18IrN3O2S-. The van der Waals surface area contributed by atoms with E-state index in [2.05, 4.69) is 42.0 Å². The molecule has 0 aliphatic heterocycles. The SMILES string of the molecule is Cc1cc2nc(C)c(-c3[c-]cccc3)nc2cc1C.O=C(O)c1cscn1.[Ir]. The molecule has 4 aromatic rings. The van der Waals surface area contributed by atoms with Gasteiger partial charge in [-0.15, -0.1) is 47.2 Å². The van der Waals surface area contributed by atoms with Gasteiger partial charge in [0.25, 0.3) is 0 Å². The first kappa shape index (κ1) is 21.8. The molecule has 2 aromatic heterocycles. The Hall–Kier alpha value is -2.47. The monoisotopic (exact) mass is 569 g/mol. The van der Waals surface area contributed by atoms with Gasteiger partial charge in [-0.1, -0.05) is 0 Å². The molecule has 28 heavy (non-hydrogen) atoms. The minimum atomic E-state index is -0.966. The molecule has 2 heterocycles. The number of aromatic nitrogens is 3. The summed E-state index contributed by atoms with van der Waals surface area (Å²) in [5.74, 6) is -0.966. The third-order valence-corrected chi connectivity index (χ3v) is 4.66. The molecule has 0 saturated carbocycles. The Kier molecular flexibility index (Phi) is 7.52. The van der Waals surface area contributed by atoms with E-state index in [9.17, 15) is 4.79 Å². The Bertz CT molecular complexity index is 1080. The van der Waals surface area contributed by atoms with E-state index in [0.717, 1.165) is 28.0 Å². The summed E-state index contributed by atoms with van der Waals surface area (Å²) in [5.41, 5.74) is 8.86. The van der Waals surface area contributed by atoms with Crippen LogP contribution in [0.1, 0.15) is 27.3 Å². The van der Waals surface area contributed by atoms with Gasteiger partial charge in [0.1, 0.15) is 0 Å². The van der Waals surface area contributed by atoms with E-state index in [1.165, 1.54) is 33.4 Å². The van der Waals surface area contributed by atoms with Crippen LogP contribution in [0, 0.1) is 26.8 Å². The normalized spacial score (nSPS) is 9.96. The number of thiazole rings is 1. The largest absolute Gasteiger partial charge is 0.476 e. The zero-order valence-electron chi connectivity index (χ0n) is 15.6. The quantitative estimate of drug-likeness (QED) is 0.350. The molecule has 0 fully saturated rings. The maximum Gasteiger partial charge on any atom is 0.355 e. The zero-order chi connectivity index (χ0) is 19.4. The van der Waals surface area contributed by atoms with Gasteiger partial charge in [-0.3, -0.25) is 9.97 Å². The van der Waals surface area contributed by atoms with Crippen LogP contribution in [0.5, 0.6) is 0 Å². The predicted octanol–water partition coefficient (Wildman–Crippen LogP) is 4.86. The summed E-state index contributed by atoms with van der Waals surface area (Å²) in [5, 5.41) is 9.71. The van der Waals surface area contributed by atoms with Gasteiger partial charge in [-0.2, -0.15) is 0 Å². The molecule has 0 spiro atoms. The molecule has 0 aliphatic carbocycles. The van der Waals surface area contributed by atoms with E-state index in [0.29, 0.717) is 0 Å². The van der Waals surface area contributed by atoms with Gasteiger partial charge in [-0.05, 0) is 44.0 Å². The van der Waals surface area contributed by atoms with E-state index in [4.69, 9.17) is 10.1 Å². The number of hydrogen-bond acceptors (Lipinski definition) is 5. The maximum absolute atomic E-state index is 10.0. The number of nitrogens with zero attached hydrogens (tertiary/aromatic N) is 3. The van der Waals surface area contributed by atoms with E-state index in [-0.39, 0.29) is 25.8 Å². The van der Waals surface area contributed by atoms with Crippen LogP contribution >= 0.6 is 11.3 Å². The van der Waals surface area contributed by atoms with Gasteiger partial charge in [0.05, 0.1) is 16.5 Å². The fraction of sp³-hybridized carbons (Fsp3) is 0.143. The standard InChI is InChI=1S/C17H15N2.C4H3NO2S.Ir/c1-11-9-15-16(10-12(11)2)19-17(13(3)18-15)14-7-5-4-6-8-14;6-4(7)3-1-8-2-5-3;/h4-7,9-10H,1-3H3;1-2H,(H,6,7);/q-1;;. The van der Waals surface area contributed by atoms with E-state index >= 15 is 0 Å².